The van der Waals surface area contributed by atoms with Crippen LogP contribution in [0.25, 0.3) is 0 Å². The number of halogens is 1. The van der Waals surface area contributed by atoms with Crippen molar-refractivity contribution in [2.24, 2.45) is 0 Å². The summed E-state index contributed by atoms with van der Waals surface area (Å²) in [6.45, 7) is 1.32. The normalized spacial score (nSPS) is 22.7. The second-order valence-corrected chi connectivity index (χ2v) is 4.36. The van der Waals surface area contributed by atoms with Crippen molar-refractivity contribution in [1.82, 2.24) is 5.32 Å². The van der Waals surface area contributed by atoms with Crippen LogP contribution in [0.2, 0.25) is 0 Å². The smallest absolute Gasteiger partial charge is 0.222 e. The van der Waals surface area contributed by atoms with Crippen LogP contribution >= 0.6 is 15.9 Å². The van der Waals surface area contributed by atoms with Crippen LogP contribution in [0.3, 0.4) is 0 Å². The average Bonchev–Trinajstić information content (AvgIpc) is 2.69. The fourth-order valence-electron chi connectivity index (χ4n) is 1.62. The van der Waals surface area contributed by atoms with E-state index in [0.29, 0.717) is 18.4 Å². The third kappa shape index (κ3) is 4.95. The first-order valence-corrected chi connectivity index (χ1v) is 6.34. The second-order valence-electron chi connectivity index (χ2n) is 3.71. The molecule has 0 bridgehead atoms. The number of methoxy groups -OCH3 is 1. The van der Waals surface area contributed by atoms with Gasteiger partial charge >= 0.3 is 0 Å². The van der Waals surface area contributed by atoms with Crippen LogP contribution in [0.1, 0.15) is 19.3 Å². The number of carbonyl (C=O) groups excluding carboxylic acids is 1. The van der Waals surface area contributed by atoms with Gasteiger partial charge in [-0.3, -0.25) is 4.79 Å². The third-order valence-corrected chi connectivity index (χ3v) is 3.14. The molecule has 0 aliphatic carbocycles. The van der Waals surface area contributed by atoms with Crippen LogP contribution in [-0.4, -0.2) is 43.7 Å². The lowest BCUT2D eigenvalue weighted by Crippen LogP contribution is -2.40. The van der Waals surface area contributed by atoms with Crippen LogP contribution in [0, 0.1) is 0 Å². The molecule has 0 aromatic rings. The number of carbonyl (C=O) groups is 1. The van der Waals surface area contributed by atoms with Crippen molar-refractivity contribution in [2.75, 3.05) is 25.7 Å². The number of rotatable bonds is 6. The Hall–Kier alpha value is -0.130. The van der Waals surface area contributed by atoms with E-state index in [-0.39, 0.29) is 18.1 Å². The van der Waals surface area contributed by atoms with Gasteiger partial charge < -0.3 is 14.8 Å². The Bertz CT molecular complexity index is 195. The van der Waals surface area contributed by atoms with E-state index >= 15 is 0 Å². The van der Waals surface area contributed by atoms with E-state index in [9.17, 15) is 4.79 Å². The first-order valence-electron chi connectivity index (χ1n) is 5.22. The molecule has 1 heterocycles. The molecule has 0 saturated carbocycles. The zero-order valence-corrected chi connectivity index (χ0v) is 10.6. The van der Waals surface area contributed by atoms with Crippen molar-refractivity contribution in [3.05, 3.63) is 0 Å². The molecule has 1 saturated heterocycles. The maximum Gasteiger partial charge on any atom is 0.222 e. The third-order valence-electron chi connectivity index (χ3n) is 2.36. The van der Waals surface area contributed by atoms with Crippen molar-refractivity contribution in [3.63, 3.8) is 0 Å². The predicted octanol–water partition coefficient (Wildman–Crippen LogP) is 1.08. The van der Waals surface area contributed by atoms with E-state index in [4.69, 9.17) is 9.47 Å². The topological polar surface area (TPSA) is 47.6 Å². The van der Waals surface area contributed by atoms with Crippen LogP contribution in [0.15, 0.2) is 0 Å². The number of hydrogen-bond donors (Lipinski definition) is 1. The summed E-state index contributed by atoms with van der Waals surface area (Å²) in [4.78, 5) is 11.6. The summed E-state index contributed by atoms with van der Waals surface area (Å²) in [5.41, 5.74) is 0. The fourth-order valence-corrected chi connectivity index (χ4v) is 1.97. The van der Waals surface area contributed by atoms with Gasteiger partial charge in [0.2, 0.25) is 5.91 Å². The summed E-state index contributed by atoms with van der Waals surface area (Å²) in [5.74, 6) is 0.0448. The molecule has 0 aromatic carbocycles. The number of amides is 1. The lowest BCUT2D eigenvalue weighted by atomic mass is 10.1. The van der Waals surface area contributed by atoms with Crippen molar-refractivity contribution >= 4 is 21.8 Å². The number of ether oxygens (including phenoxy) is 2. The van der Waals surface area contributed by atoms with Crippen molar-refractivity contribution < 1.29 is 14.3 Å². The number of alkyl halides is 1. The SMILES string of the molecule is COCC(CBr)NC(=O)CC1CCCO1. The summed E-state index contributed by atoms with van der Waals surface area (Å²) in [6.07, 6.45) is 2.64. The average molecular weight is 280 g/mol. The molecule has 4 nitrogen and oxygen atoms in total. The largest absolute Gasteiger partial charge is 0.383 e. The lowest BCUT2D eigenvalue weighted by Gasteiger charge is -2.16. The summed E-state index contributed by atoms with van der Waals surface area (Å²) in [7, 11) is 1.63. The predicted molar refractivity (Wildman–Crippen MR) is 61.2 cm³/mol. The number of nitrogens with one attached hydrogen (secondary N) is 1. The van der Waals surface area contributed by atoms with Gasteiger partial charge in [-0.25, -0.2) is 0 Å². The molecule has 0 aromatic heterocycles. The molecule has 1 rings (SSSR count). The molecular formula is C10H18BrNO3. The van der Waals surface area contributed by atoms with Crippen LogP contribution < -0.4 is 5.32 Å². The highest BCUT2D eigenvalue weighted by molar-refractivity contribution is 9.09. The Morgan fingerprint density at radius 1 is 1.73 bits per heavy atom. The summed E-state index contributed by atoms with van der Waals surface area (Å²) < 4.78 is 10.4. The quantitative estimate of drug-likeness (QED) is 0.741. The van der Waals surface area contributed by atoms with Crippen molar-refractivity contribution in [2.45, 2.75) is 31.4 Å². The van der Waals surface area contributed by atoms with Crippen LogP contribution in [-0.2, 0) is 14.3 Å². The van der Waals surface area contributed by atoms with E-state index < -0.39 is 0 Å². The van der Waals surface area contributed by atoms with Gasteiger partial charge in [0.1, 0.15) is 0 Å². The molecular weight excluding hydrogens is 262 g/mol. The second kappa shape index (κ2) is 7.19. The lowest BCUT2D eigenvalue weighted by molar-refractivity contribution is -0.124. The summed E-state index contributed by atoms with van der Waals surface area (Å²) in [5, 5.41) is 3.61. The summed E-state index contributed by atoms with van der Waals surface area (Å²) in [6, 6.07) is 0.0453. The van der Waals surface area contributed by atoms with E-state index in [2.05, 4.69) is 21.2 Å². The minimum atomic E-state index is 0.0448. The Morgan fingerprint density at radius 3 is 3.07 bits per heavy atom. The monoisotopic (exact) mass is 279 g/mol. The first-order chi connectivity index (χ1) is 7.26. The molecule has 15 heavy (non-hydrogen) atoms. The van der Waals surface area contributed by atoms with E-state index in [1.807, 2.05) is 0 Å². The molecule has 1 aliphatic heterocycles. The van der Waals surface area contributed by atoms with Gasteiger partial charge in [0.15, 0.2) is 0 Å². The van der Waals surface area contributed by atoms with Gasteiger partial charge in [-0.2, -0.15) is 0 Å². The maximum absolute atomic E-state index is 11.6. The molecule has 1 aliphatic rings. The van der Waals surface area contributed by atoms with Crippen LogP contribution in [0.5, 0.6) is 0 Å². The Morgan fingerprint density at radius 2 is 2.53 bits per heavy atom. The number of hydrogen-bond acceptors (Lipinski definition) is 3. The maximum atomic E-state index is 11.6. The van der Waals surface area contributed by atoms with E-state index in [1.165, 1.54) is 0 Å². The van der Waals surface area contributed by atoms with Gasteiger partial charge in [-0.05, 0) is 12.8 Å². The zero-order chi connectivity index (χ0) is 11.1. The molecule has 1 fully saturated rings. The molecule has 0 spiro atoms. The highest BCUT2D eigenvalue weighted by Crippen LogP contribution is 2.15. The van der Waals surface area contributed by atoms with Crippen molar-refractivity contribution in [3.8, 4) is 0 Å². The van der Waals surface area contributed by atoms with Gasteiger partial charge in [0, 0.05) is 19.0 Å². The Balaban J connectivity index is 2.20. The standard InChI is InChI=1S/C10H18BrNO3/c1-14-7-8(6-11)12-10(13)5-9-3-2-4-15-9/h8-9H,2-7H2,1H3,(H,12,13). The van der Waals surface area contributed by atoms with Crippen molar-refractivity contribution in [1.29, 1.82) is 0 Å². The van der Waals surface area contributed by atoms with E-state index in [1.54, 1.807) is 7.11 Å². The van der Waals surface area contributed by atoms with Gasteiger partial charge in [0.05, 0.1) is 25.2 Å². The Kier molecular flexibility index (Phi) is 6.20. The Labute approximate surface area is 98.8 Å². The molecule has 1 amide bonds. The molecule has 0 radical (unpaired) electrons. The first kappa shape index (κ1) is 12.9. The van der Waals surface area contributed by atoms with Crippen LogP contribution in [0.4, 0.5) is 0 Å². The minimum absolute atomic E-state index is 0.0448. The minimum Gasteiger partial charge on any atom is -0.383 e. The molecule has 2 unspecified atom stereocenters. The summed E-state index contributed by atoms with van der Waals surface area (Å²) >= 11 is 3.33. The van der Waals surface area contributed by atoms with Gasteiger partial charge in [-0.1, -0.05) is 15.9 Å². The molecule has 88 valence electrons. The fraction of sp³-hybridized carbons (Fsp3) is 0.900. The zero-order valence-electron chi connectivity index (χ0n) is 9.00. The van der Waals surface area contributed by atoms with Gasteiger partial charge in [0.25, 0.3) is 0 Å². The highest BCUT2D eigenvalue weighted by Gasteiger charge is 2.20. The molecule has 2 atom stereocenters. The molecule has 1 N–H and O–H groups in total. The van der Waals surface area contributed by atoms with Gasteiger partial charge in [-0.15, -0.1) is 0 Å². The highest BCUT2D eigenvalue weighted by atomic mass is 79.9. The van der Waals surface area contributed by atoms with E-state index in [0.717, 1.165) is 19.4 Å². The molecule has 5 heteroatoms.